The lowest BCUT2D eigenvalue weighted by atomic mass is 10.1. The number of nitrogens with zero attached hydrogens (tertiary/aromatic N) is 3. The quantitative estimate of drug-likeness (QED) is 0.621. The Morgan fingerprint density at radius 2 is 1.56 bits per heavy atom. The lowest BCUT2D eigenvalue weighted by Gasteiger charge is -2.16. The van der Waals surface area contributed by atoms with Gasteiger partial charge in [-0.2, -0.15) is 0 Å². The van der Waals surface area contributed by atoms with Crippen LogP contribution in [-0.4, -0.2) is 34.6 Å². The van der Waals surface area contributed by atoms with E-state index < -0.39 is 0 Å². The van der Waals surface area contributed by atoms with Gasteiger partial charge in [-0.1, -0.05) is 60.7 Å². The van der Waals surface area contributed by atoms with E-state index in [0.717, 1.165) is 24.9 Å². The van der Waals surface area contributed by atoms with Gasteiger partial charge >= 0.3 is 0 Å². The third-order valence-electron chi connectivity index (χ3n) is 4.28. The molecule has 0 saturated heterocycles. The van der Waals surface area contributed by atoms with Gasteiger partial charge in [0.15, 0.2) is 5.69 Å². The van der Waals surface area contributed by atoms with Crippen molar-refractivity contribution in [1.29, 1.82) is 0 Å². The average Bonchev–Trinajstić information content (AvgIpc) is 2.72. The summed E-state index contributed by atoms with van der Waals surface area (Å²) in [6.45, 7) is 1.35. The molecule has 0 aliphatic rings. The standard InChI is InChI=1S/C22H24N4O/c1-26(17-19-11-6-3-7-12-19)22(27)20-14-15-21(25-24-20)23-16-8-13-18-9-4-2-5-10-18/h2-7,9-12,14-15H,8,13,16-17H2,1H3,(H,23,25). The molecule has 3 aromatic rings. The summed E-state index contributed by atoms with van der Waals surface area (Å²) < 4.78 is 0. The van der Waals surface area contributed by atoms with E-state index in [1.165, 1.54) is 5.56 Å². The predicted octanol–water partition coefficient (Wildman–Crippen LogP) is 3.79. The van der Waals surface area contributed by atoms with Crippen molar-refractivity contribution in [2.45, 2.75) is 19.4 Å². The van der Waals surface area contributed by atoms with Crippen LogP contribution in [0.1, 0.15) is 28.0 Å². The van der Waals surface area contributed by atoms with Crippen LogP contribution in [0.4, 0.5) is 5.82 Å². The van der Waals surface area contributed by atoms with Crippen molar-refractivity contribution >= 4 is 11.7 Å². The molecule has 2 aromatic carbocycles. The third kappa shape index (κ3) is 5.64. The van der Waals surface area contributed by atoms with E-state index in [1.54, 1.807) is 24.1 Å². The van der Waals surface area contributed by atoms with Crippen molar-refractivity contribution in [3.05, 3.63) is 89.6 Å². The first kappa shape index (κ1) is 18.6. The molecule has 1 aromatic heterocycles. The number of anilines is 1. The molecule has 0 spiro atoms. The first-order chi connectivity index (χ1) is 13.2. The molecule has 0 saturated carbocycles. The number of amides is 1. The van der Waals surface area contributed by atoms with Gasteiger partial charge in [0, 0.05) is 20.1 Å². The first-order valence-corrected chi connectivity index (χ1v) is 9.13. The molecule has 0 radical (unpaired) electrons. The van der Waals surface area contributed by atoms with Gasteiger partial charge in [-0.05, 0) is 36.1 Å². The normalized spacial score (nSPS) is 10.4. The molecule has 138 valence electrons. The van der Waals surface area contributed by atoms with Crippen LogP contribution in [0.15, 0.2) is 72.8 Å². The second-order valence-corrected chi connectivity index (χ2v) is 6.47. The van der Waals surface area contributed by atoms with Crippen LogP contribution in [-0.2, 0) is 13.0 Å². The Morgan fingerprint density at radius 3 is 2.19 bits per heavy atom. The fourth-order valence-electron chi connectivity index (χ4n) is 2.82. The molecule has 0 atom stereocenters. The number of benzene rings is 2. The Kier molecular flexibility index (Phi) is 6.52. The summed E-state index contributed by atoms with van der Waals surface area (Å²) in [5.41, 5.74) is 2.76. The molecule has 0 aliphatic carbocycles. The SMILES string of the molecule is CN(Cc1ccccc1)C(=O)c1ccc(NCCCc2ccccc2)nn1. The van der Waals surface area contributed by atoms with Gasteiger partial charge in [-0.15, -0.1) is 10.2 Å². The molecule has 1 heterocycles. The van der Waals surface area contributed by atoms with Crippen molar-refractivity contribution in [3.63, 3.8) is 0 Å². The maximum atomic E-state index is 12.5. The Hall–Kier alpha value is -3.21. The van der Waals surface area contributed by atoms with Gasteiger partial charge in [0.1, 0.15) is 5.82 Å². The van der Waals surface area contributed by atoms with Crippen LogP contribution in [0, 0.1) is 0 Å². The molecule has 27 heavy (non-hydrogen) atoms. The highest BCUT2D eigenvalue weighted by molar-refractivity contribution is 5.92. The molecular weight excluding hydrogens is 336 g/mol. The van der Waals surface area contributed by atoms with Crippen molar-refractivity contribution in [1.82, 2.24) is 15.1 Å². The lowest BCUT2D eigenvalue weighted by Crippen LogP contribution is -2.27. The molecule has 5 nitrogen and oxygen atoms in total. The number of carbonyl (C=O) groups excluding carboxylic acids is 1. The van der Waals surface area contributed by atoms with Crippen LogP contribution in [0.2, 0.25) is 0 Å². The molecule has 5 heteroatoms. The summed E-state index contributed by atoms with van der Waals surface area (Å²) >= 11 is 0. The minimum absolute atomic E-state index is 0.137. The minimum Gasteiger partial charge on any atom is -0.369 e. The summed E-state index contributed by atoms with van der Waals surface area (Å²) in [6.07, 6.45) is 2.02. The highest BCUT2D eigenvalue weighted by Crippen LogP contribution is 2.09. The Balaban J connectivity index is 1.47. The maximum Gasteiger partial charge on any atom is 0.274 e. The lowest BCUT2D eigenvalue weighted by molar-refractivity contribution is 0.0778. The molecule has 0 bridgehead atoms. The number of aryl methyl sites for hydroxylation is 1. The zero-order valence-electron chi connectivity index (χ0n) is 15.5. The van der Waals surface area contributed by atoms with Crippen LogP contribution in [0.5, 0.6) is 0 Å². The van der Waals surface area contributed by atoms with Gasteiger partial charge < -0.3 is 10.2 Å². The zero-order valence-corrected chi connectivity index (χ0v) is 15.5. The Labute approximate surface area is 160 Å². The zero-order chi connectivity index (χ0) is 18.9. The van der Waals surface area contributed by atoms with Crippen molar-refractivity contribution < 1.29 is 4.79 Å². The topological polar surface area (TPSA) is 58.1 Å². The van der Waals surface area contributed by atoms with Gasteiger partial charge in [-0.3, -0.25) is 4.79 Å². The Morgan fingerprint density at radius 1 is 0.889 bits per heavy atom. The van der Waals surface area contributed by atoms with Crippen LogP contribution >= 0.6 is 0 Å². The van der Waals surface area contributed by atoms with Gasteiger partial charge in [-0.25, -0.2) is 0 Å². The largest absolute Gasteiger partial charge is 0.369 e. The monoisotopic (exact) mass is 360 g/mol. The van der Waals surface area contributed by atoms with Crippen molar-refractivity contribution in [2.24, 2.45) is 0 Å². The highest BCUT2D eigenvalue weighted by Gasteiger charge is 2.14. The predicted molar refractivity (Wildman–Crippen MR) is 108 cm³/mol. The minimum atomic E-state index is -0.137. The van der Waals surface area contributed by atoms with E-state index in [1.807, 2.05) is 36.4 Å². The molecule has 1 amide bonds. The maximum absolute atomic E-state index is 12.5. The van der Waals surface area contributed by atoms with Gasteiger partial charge in [0.05, 0.1) is 0 Å². The summed E-state index contributed by atoms with van der Waals surface area (Å²) in [5, 5.41) is 11.5. The molecule has 1 N–H and O–H groups in total. The van der Waals surface area contributed by atoms with Crippen molar-refractivity contribution in [2.75, 3.05) is 18.9 Å². The summed E-state index contributed by atoms with van der Waals surface area (Å²) in [5.74, 6) is 0.548. The second kappa shape index (κ2) is 9.48. The van der Waals surface area contributed by atoms with E-state index in [2.05, 4.69) is 39.8 Å². The molecule has 0 aliphatic heterocycles. The molecular formula is C22H24N4O. The van der Waals surface area contributed by atoms with Crippen LogP contribution in [0.3, 0.4) is 0 Å². The van der Waals surface area contributed by atoms with Gasteiger partial charge in [0.2, 0.25) is 0 Å². The van der Waals surface area contributed by atoms with Crippen LogP contribution in [0.25, 0.3) is 0 Å². The number of carbonyl (C=O) groups is 1. The number of rotatable bonds is 8. The molecule has 0 unspecified atom stereocenters. The number of hydrogen-bond acceptors (Lipinski definition) is 4. The third-order valence-corrected chi connectivity index (χ3v) is 4.28. The van der Waals surface area contributed by atoms with E-state index in [0.29, 0.717) is 18.1 Å². The fourth-order valence-corrected chi connectivity index (χ4v) is 2.82. The number of aromatic nitrogens is 2. The van der Waals surface area contributed by atoms with E-state index in [9.17, 15) is 4.79 Å². The molecule has 0 fully saturated rings. The van der Waals surface area contributed by atoms with Crippen LogP contribution < -0.4 is 5.32 Å². The fraction of sp³-hybridized carbons (Fsp3) is 0.227. The van der Waals surface area contributed by atoms with E-state index >= 15 is 0 Å². The van der Waals surface area contributed by atoms with Gasteiger partial charge in [0.25, 0.3) is 5.91 Å². The smallest absolute Gasteiger partial charge is 0.274 e. The summed E-state index contributed by atoms with van der Waals surface area (Å²) in [7, 11) is 1.77. The van der Waals surface area contributed by atoms with Crippen molar-refractivity contribution in [3.8, 4) is 0 Å². The highest BCUT2D eigenvalue weighted by atomic mass is 16.2. The summed E-state index contributed by atoms with van der Waals surface area (Å²) in [4.78, 5) is 14.1. The number of hydrogen-bond donors (Lipinski definition) is 1. The first-order valence-electron chi connectivity index (χ1n) is 9.13. The Bertz CT molecular complexity index is 835. The second-order valence-electron chi connectivity index (χ2n) is 6.47. The number of nitrogens with one attached hydrogen (secondary N) is 1. The summed E-state index contributed by atoms with van der Waals surface area (Å²) in [6, 6.07) is 23.8. The molecule has 3 rings (SSSR count). The van der Waals surface area contributed by atoms with E-state index in [-0.39, 0.29) is 5.91 Å². The van der Waals surface area contributed by atoms with E-state index in [4.69, 9.17) is 0 Å². The average molecular weight is 360 g/mol.